The molecule has 0 aromatic heterocycles. The largest absolute Gasteiger partial charge is 0.147 e. The maximum Gasteiger partial charge on any atom is 0.0471 e. The molecule has 0 rings (SSSR count). The van der Waals surface area contributed by atoms with Gasteiger partial charge < -0.3 is 0 Å². The Morgan fingerprint density at radius 2 is 2.29 bits per heavy atom. The van der Waals surface area contributed by atoms with Crippen molar-refractivity contribution in [2.45, 2.75) is 6.92 Å². The Bertz CT molecular complexity index is 93.1. The lowest BCUT2D eigenvalue weighted by atomic mass is 10.7. The van der Waals surface area contributed by atoms with E-state index in [9.17, 15) is 0 Å². The molecule has 0 unspecified atom stereocenters. The molecule has 0 saturated carbocycles. The fourth-order valence-corrected chi connectivity index (χ4v) is 0.133. The molecule has 0 saturated heterocycles. The third kappa shape index (κ3) is 5.01. The summed E-state index contributed by atoms with van der Waals surface area (Å²) in [6.45, 7) is 4.94. The topological polar surface area (TPSA) is 37.1 Å². The van der Waals surface area contributed by atoms with Gasteiger partial charge in [-0.15, -0.1) is 10.2 Å². The van der Waals surface area contributed by atoms with E-state index < -0.39 is 0 Å². The van der Waals surface area contributed by atoms with Crippen molar-refractivity contribution in [3.05, 3.63) is 12.3 Å². The Kier molecular flexibility index (Phi) is 4.30. The average Bonchev–Trinajstić information content (AvgIpc) is 1.69. The zero-order chi connectivity index (χ0) is 5.54. The Morgan fingerprint density at radius 1 is 1.57 bits per heavy atom. The summed E-state index contributed by atoms with van der Waals surface area (Å²) in [5.74, 6) is 0. The Morgan fingerprint density at radius 3 is 2.71 bits per heavy atom. The van der Waals surface area contributed by atoms with Crippen LogP contribution in [0.4, 0.5) is 0 Å². The number of rotatable bonds is 2. The van der Waals surface area contributed by atoms with Crippen molar-refractivity contribution in [1.29, 1.82) is 0 Å². The number of allylic oxidation sites excluding steroid dienone is 1. The zero-order valence-corrected chi connectivity index (χ0v) is 4.20. The van der Waals surface area contributed by atoms with Crippen LogP contribution in [0, 0.1) is 0 Å². The van der Waals surface area contributed by atoms with Gasteiger partial charge in [0.1, 0.15) is 0 Å². The maximum absolute atomic E-state index is 3.42. The van der Waals surface area contributed by atoms with E-state index >= 15 is 0 Å². The molecule has 0 amide bonds. The highest BCUT2D eigenvalue weighted by atomic mass is 15.3. The van der Waals surface area contributed by atoms with Crippen LogP contribution in [0.1, 0.15) is 6.92 Å². The molecule has 38 valence electrons. The van der Waals surface area contributed by atoms with Gasteiger partial charge in [-0.25, -0.2) is 0 Å². The molecule has 0 radical (unpaired) electrons. The molecule has 0 bridgehead atoms. The molecule has 0 spiro atoms. The molecular formula is C4H7N3. The second-order valence-electron chi connectivity index (χ2n) is 0.829. The van der Waals surface area contributed by atoms with Crippen molar-refractivity contribution in [3.8, 4) is 0 Å². The van der Waals surface area contributed by atoms with Crippen LogP contribution in [0.3, 0.4) is 0 Å². The molecule has 0 N–H and O–H groups in total. The first kappa shape index (κ1) is 6.01. The van der Waals surface area contributed by atoms with Crippen LogP contribution in [0.2, 0.25) is 0 Å². The molecule has 0 aromatic rings. The lowest BCUT2D eigenvalue weighted by Crippen LogP contribution is -1.43. The molecule has 0 aromatic carbocycles. The third-order valence-corrected chi connectivity index (χ3v) is 0.331. The molecular weight excluding hydrogens is 90.1 g/mol. The van der Waals surface area contributed by atoms with Crippen molar-refractivity contribution in [2.75, 3.05) is 0 Å². The van der Waals surface area contributed by atoms with Gasteiger partial charge in [0.15, 0.2) is 0 Å². The second kappa shape index (κ2) is 5.01. The quantitative estimate of drug-likeness (QED) is 0.285. The van der Waals surface area contributed by atoms with Gasteiger partial charge in [-0.2, -0.15) is 0 Å². The first-order chi connectivity index (χ1) is 3.41. The summed E-state index contributed by atoms with van der Waals surface area (Å²) >= 11 is 0. The summed E-state index contributed by atoms with van der Waals surface area (Å²) < 4.78 is 0. The lowest BCUT2D eigenvalue weighted by Gasteiger charge is -1.65. The van der Waals surface area contributed by atoms with E-state index in [-0.39, 0.29) is 0 Å². The smallest absolute Gasteiger partial charge is 0.0471 e. The highest BCUT2D eigenvalue weighted by Crippen LogP contribution is 1.75. The van der Waals surface area contributed by atoms with Crippen molar-refractivity contribution < 1.29 is 0 Å². The van der Waals surface area contributed by atoms with Crippen molar-refractivity contribution in [2.24, 2.45) is 15.4 Å². The summed E-state index contributed by atoms with van der Waals surface area (Å²) in [5.41, 5.74) is 0. The fraction of sp³-hybridized carbons (Fsp3) is 0.250. The van der Waals surface area contributed by atoms with Gasteiger partial charge in [0.2, 0.25) is 0 Å². The first-order valence-corrected chi connectivity index (χ1v) is 1.89. The van der Waals surface area contributed by atoms with Gasteiger partial charge in [-0.1, -0.05) is 6.08 Å². The summed E-state index contributed by atoms with van der Waals surface area (Å²) in [6.07, 6.45) is 3.30. The molecule has 0 aliphatic rings. The minimum Gasteiger partial charge on any atom is -0.147 e. The molecule has 0 heterocycles. The van der Waals surface area contributed by atoms with Gasteiger partial charge in [-0.3, -0.25) is 0 Å². The molecule has 0 atom stereocenters. The molecule has 3 nitrogen and oxygen atoms in total. The SMILES string of the molecule is C=N/N=N\C=C/C. The van der Waals surface area contributed by atoms with Crippen LogP contribution in [-0.2, 0) is 0 Å². The van der Waals surface area contributed by atoms with Crippen LogP contribution < -0.4 is 0 Å². The standard InChI is InChI=1S/C4H7N3/c1-3-4-6-7-5-2/h3-4H,2H2,1H3/b4-3-,7-6-. The van der Waals surface area contributed by atoms with Crippen molar-refractivity contribution in [3.63, 3.8) is 0 Å². The number of nitrogens with zero attached hydrogens (tertiary/aromatic N) is 3. The Hall–Kier alpha value is -0.990. The van der Waals surface area contributed by atoms with E-state index in [4.69, 9.17) is 0 Å². The van der Waals surface area contributed by atoms with Crippen LogP contribution in [0.5, 0.6) is 0 Å². The molecule has 3 heteroatoms. The van der Waals surface area contributed by atoms with E-state index in [0.717, 1.165) is 0 Å². The predicted molar refractivity (Wildman–Crippen MR) is 29.2 cm³/mol. The van der Waals surface area contributed by atoms with Gasteiger partial charge in [0.25, 0.3) is 0 Å². The Balaban J connectivity index is 3.27. The van der Waals surface area contributed by atoms with E-state index in [2.05, 4.69) is 22.2 Å². The van der Waals surface area contributed by atoms with Gasteiger partial charge in [-0.05, 0) is 12.1 Å². The highest BCUT2D eigenvalue weighted by molar-refractivity contribution is 5.22. The summed E-state index contributed by atoms with van der Waals surface area (Å²) in [6, 6.07) is 0. The zero-order valence-electron chi connectivity index (χ0n) is 4.20. The van der Waals surface area contributed by atoms with E-state index in [1.807, 2.05) is 6.92 Å². The normalized spacial score (nSPS) is 11.0. The van der Waals surface area contributed by atoms with Crippen LogP contribution in [-0.4, -0.2) is 6.72 Å². The summed E-state index contributed by atoms with van der Waals surface area (Å²) in [4.78, 5) is 0. The molecule has 0 fully saturated rings. The second-order valence-corrected chi connectivity index (χ2v) is 0.829. The van der Waals surface area contributed by atoms with E-state index in [0.29, 0.717) is 0 Å². The fourth-order valence-electron chi connectivity index (χ4n) is 0.133. The molecule has 0 aliphatic heterocycles. The number of hydrogen-bond donors (Lipinski definition) is 0. The minimum absolute atomic E-state index is 1.54. The predicted octanol–water partition coefficient (Wildman–Crippen LogP) is 1.59. The number of hydrogen-bond acceptors (Lipinski definition) is 2. The monoisotopic (exact) mass is 97.1 g/mol. The van der Waals surface area contributed by atoms with Gasteiger partial charge in [0, 0.05) is 12.9 Å². The minimum atomic E-state index is 1.54. The van der Waals surface area contributed by atoms with Gasteiger partial charge >= 0.3 is 0 Å². The molecule has 7 heavy (non-hydrogen) atoms. The van der Waals surface area contributed by atoms with Crippen molar-refractivity contribution in [1.82, 2.24) is 0 Å². The molecule has 0 aliphatic carbocycles. The summed E-state index contributed by atoms with van der Waals surface area (Å²) in [5, 5.41) is 9.77. The maximum atomic E-state index is 3.42. The average molecular weight is 97.1 g/mol. The van der Waals surface area contributed by atoms with Gasteiger partial charge in [0.05, 0.1) is 0 Å². The lowest BCUT2D eigenvalue weighted by molar-refractivity contribution is 1.07. The van der Waals surface area contributed by atoms with Crippen molar-refractivity contribution >= 4 is 6.72 Å². The first-order valence-electron chi connectivity index (χ1n) is 1.89. The van der Waals surface area contributed by atoms with Crippen LogP contribution >= 0.6 is 0 Å². The van der Waals surface area contributed by atoms with Crippen LogP contribution in [0.15, 0.2) is 27.7 Å². The van der Waals surface area contributed by atoms with E-state index in [1.54, 1.807) is 6.08 Å². The van der Waals surface area contributed by atoms with E-state index in [1.165, 1.54) is 6.20 Å². The highest BCUT2D eigenvalue weighted by Gasteiger charge is 1.53. The third-order valence-electron chi connectivity index (χ3n) is 0.331. The van der Waals surface area contributed by atoms with Crippen LogP contribution in [0.25, 0.3) is 0 Å². The summed E-state index contributed by atoms with van der Waals surface area (Å²) in [7, 11) is 0. The Labute approximate surface area is 42.5 Å².